The van der Waals surface area contributed by atoms with E-state index in [1.54, 1.807) is 4.90 Å². The van der Waals surface area contributed by atoms with Gasteiger partial charge in [0.15, 0.2) is 0 Å². The third-order valence-corrected chi connectivity index (χ3v) is 6.37. The Kier molecular flexibility index (Phi) is 7.15. The summed E-state index contributed by atoms with van der Waals surface area (Å²) in [4.78, 5) is 29.7. The summed E-state index contributed by atoms with van der Waals surface area (Å²) in [6, 6.07) is 12.7. The molecule has 0 radical (unpaired) electrons. The van der Waals surface area contributed by atoms with E-state index in [1.165, 1.54) is 0 Å². The van der Waals surface area contributed by atoms with E-state index in [-0.39, 0.29) is 23.6 Å². The summed E-state index contributed by atoms with van der Waals surface area (Å²) in [6.07, 6.45) is 3.16. The second kappa shape index (κ2) is 10.2. The second-order valence-corrected chi connectivity index (χ2v) is 8.45. The Morgan fingerprint density at radius 1 is 0.938 bits per heavy atom. The van der Waals surface area contributed by atoms with Crippen molar-refractivity contribution in [2.45, 2.75) is 44.2 Å². The molecule has 0 unspecified atom stereocenters. The Morgan fingerprint density at radius 3 is 2.28 bits per heavy atom. The monoisotopic (exact) mass is 442 g/mol. The number of amides is 2. The van der Waals surface area contributed by atoms with Crippen molar-refractivity contribution in [1.82, 2.24) is 9.80 Å². The molecule has 0 spiro atoms. The predicted molar refractivity (Wildman–Crippen MR) is 116 cm³/mol. The van der Waals surface area contributed by atoms with Crippen LogP contribution in [0.2, 0.25) is 0 Å². The lowest BCUT2D eigenvalue weighted by molar-refractivity contribution is -0.139. The minimum Gasteiger partial charge on any atom is -0.381 e. The maximum absolute atomic E-state index is 14.1. The van der Waals surface area contributed by atoms with Crippen LogP contribution in [-0.4, -0.2) is 60.0 Å². The largest absolute Gasteiger partial charge is 0.381 e. The van der Waals surface area contributed by atoms with Gasteiger partial charge in [-0.1, -0.05) is 30.3 Å². The van der Waals surface area contributed by atoms with Gasteiger partial charge in [-0.05, 0) is 49.4 Å². The third kappa shape index (κ3) is 5.15. The van der Waals surface area contributed by atoms with E-state index in [0.29, 0.717) is 45.6 Å². The van der Waals surface area contributed by atoms with Gasteiger partial charge in [0.25, 0.3) is 5.91 Å². The minimum absolute atomic E-state index is 0.00992. The Bertz CT molecular complexity index is 939. The molecule has 0 bridgehead atoms. The van der Waals surface area contributed by atoms with E-state index in [9.17, 15) is 18.4 Å². The summed E-state index contributed by atoms with van der Waals surface area (Å²) in [5.74, 6) is -1.78. The zero-order valence-corrected chi connectivity index (χ0v) is 18.0. The molecule has 170 valence electrons. The highest BCUT2D eigenvalue weighted by atomic mass is 19.1. The number of carbonyl (C=O) groups excluding carboxylic acids is 2. The van der Waals surface area contributed by atoms with Gasteiger partial charge in [-0.15, -0.1) is 0 Å². The number of nitrogens with zero attached hydrogens (tertiary/aromatic N) is 2. The van der Waals surface area contributed by atoms with Gasteiger partial charge >= 0.3 is 0 Å². The molecule has 2 aliphatic heterocycles. The maximum Gasteiger partial charge on any atom is 0.256 e. The first-order valence-corrected chi connectivity index (χ1v) is 11.2. The van der Waals surface area contributed by atoms with Gasteiger partial charge in [0, 0.05) is 38.4 Å². The first-order valence-electron chi connectivity index (χ1n) is 11.2. The molecule has 0 aromatic heterocycles. The molecular weight excluding hydrogens is 414 g/mol. The molecule has 4 rings (SSSR count). The molecule has 2 heterocycles. The number of piperidine rings is 1. The lowest BCUT2D eigenvalue weighted by atomic mass is 9.96. The first kappa shape index (κ1) is 22.4. The van der Waals surface area contributed by atoms with Crippen molar-refractivity contribution in [3.63, 3.8) is 0 Å². The lowest BCUT2D eigenvalue weighted by Crippen LogP contribution is -2.54. The zero-order chi connectivity index (χ0) is 22.5. The SMILES string of the molecule is O=C(c1cc(F)ccc1F)N1CCC(N(C(=O)Cc2ccccc2)C2CCOCC2)CC1. The van der Waals surface area contributed by atoms with Gasteiger partial charge in [0.1, 0.15) is 11.6 Å². The fourth-order valence-electron chi connectivity index (χ4n) is 4.71. The highest BCUT2D eigenvalue weighted by molar-refractivity contribution is 5.94. The average molecular weight is 443 g/mol. The Morgan fingerprint density at radius 2 is 1.59 bits per heavy atom. The molecule has 0 atom stereocenters. The van der Waals surface area contributed by atoms with Crippen molar-refractivity contribution in [2.24, 2.45) is 0 Å². The number of hydrogen-bond donors (Lipinski definition) is 0. The molecule has 0 saturated carbocycles. The van der Waals surface area contributed by atoms with Crippen LogP contribution >= 0.6 is 0 Å². The van der Waals surface area contributed by atoms with Gasteiger partial charge in [-0.3, -0.25) is 9.59 Å². The van der Waals surface area contributed by atoms with E-state index < -0.39 is 17.5 Å². The normalized spacial score (nSPS) is 17.9. The van der Waals surface area contributed by atoms with Crippen LogP contribution < -0.4 is 0 Å². The van der Waals surface area contributed by atoms with Crippen molar-refractivity contribution < 1.29 is 23.1 Å². The van der Waals surface area contributed by atoms with Crippen LogP contribution in [-0.2, 0) is 16.0 Å². The highest BCUT2D eigenvalue weighted by Gasteiger charge is 2.35. The van der Waals surface area contributed by atoms with Gasteiger partial charge in [-0.25, -0.2) is 8.78 Å². The summed E-state index contributed by atoms with van der Waals surface area (Å²) >= 11 is 0. The van der Waals surface area contributed by atoms with Gasteiger partial charge in [0.2, 0.25) is 5.91 Å². The number of rotatable bonds is 5. The summed E-state index contributed by atoms with van der Waals surface area (Å²) in [5, 5.41) is 0. The van der Waals surface area contributed by atoms with E-state index in [1.807, 2.05) is 35.2 Å². The third-order valence-electron chi connectivity index (χ3n) is 6.37. The van der Waals surface area contributed by atoms with Crippen molar-refractivity contribution >= 4 is 11.8 Å². The molecule has 2 amide bonds. The average Bonchev–Trinajstić information content (AvgIpc) is 2.82. The number of hydrogen-bond acceptors (Lipinski definition) is 3. The number of halogens is 2. The van der Waals surface area contributed by atoms with Crippen molar-refractivity contribution in [2.75, 3.05) is 26.3 Å². The maximum atomic E-state index is 14.1. The highest BCUT2D eigenvalue weighted by Crippen LogP contribution is 2.26. The van der Waals surface area contributed by atoms with Crippen LogP contribution in [0.5, 0.6) is 0 Å². The van der Waals surface area contributed by atoms with E-state index in [2.05, 4.69) is 0 Å². The molecule has 0 aliphatic carbocycles. The molecule has 2 saturated heterocycles. The standard InChI is InChI=1S/C25H28F2N2O3/c26-19-6-7-23(27)22(17-19)25(31)28-12-8-20(9-13-28)29(21-10-14-32-15-11-21)24(30)16-18-4-2-1-3-5-18/h1-7,17,20-21H,8-16H2. The fourth-order valence-corrected chi connectivity index (χ4v) is 4.71. The summed E-state index contributed by atoms with van der Waals surface area (Å²) < 4.78 is 33.1. The molecule has 2 fully saturated rings. The van der Waals surface area contributed by atoms with E-state index in [4.69, 9.17) is 4.74 Å². The van der Waals surface area contributed by atoms with Crippen LogP contribution in [0.25, 0.3) is 0 Å². The Hall–Kier alpha value is -2.80. The van der Waals surface area contributed by atoms with Gasteiger partial charge < -0.3 is 14.5 Å². The second-order valence-electron chi connectivity index (χ2n) is 8.45. The molecular formula is C25H28F2N2O3. The number of carbonyl (C=O) groups is 2. The van der Waals surface area contributed by atoms with E-state index in [0.717, 1.165) is 36.6 Å². The fraction of sp³-hybridized carbons (Fsp3) is 0.440. The van der Waals surface area contributed by atoms with Crippen LogP contribution in [0.3, 0.4) is 0 Å². The summed E-state index contributed by atoms with van der Waals surface area (Å²) in [7, 11) is 0. The zero-order valence-electron chi connectivity index (χ0n) is 18.0. The van der Waals surface area contributed by atoms with Crippen molar-refractivity contribution in [3.05, 3.63) is 71.3 Å². The molecule has 2 aliphatic rings. The molecule has 2 aromatic carbocycles. The van der Waals surface area contributed by atoms with E-state index >= 15 is 0 Å². The van der Waals surface area contributed by atoms with Crippen LogP contribution in [0.15, 0.2) is 48.5 Å². The molecule has 7 heteroatoms. The van der Waals surface area contributed by atoms with Crippen LogP contribution in [0.1, 0.15) is 41.6 Å². The summed E-state index contributed by atoms with van der Waals surface area (Å²) in [6.45, 7) is 2.07. The quantitative estimate of drug-likeness (QED) is 0.708. The minimum atomic E-state index is -0.722. The number of likely N-dealkylation sites (tertiary alicyclic amines) is 1. The number of ether oxygens (including phenoxy) is 1. The van der Waals surface area contributed by atoms with Gasteiger partial charge in [0.05, 0.1) is 12.0 Å². The molecule has 0 N–H and O–H groups in total. The first-order chi connectivity index (χ1) is 15.5. The molecule has 5 nitrogen and oxygen atoms in total. The Balaban J connectivity index is 1.45. The molecule has 2 aromatic rings. The number of benzene rings is 2. The van der Waals surface area contributed by atoms with Gasteiger partial charge in [-0.2, -0.15) is 0 Å². The lowest BCUT2D eigenvalue weighted by Gasteiger charge is -2.43. The Labute approximate surface area is 187 Å². The topological polar surface area (TPSA) is 49.9 Å². The van der Waals surface area contributed by atoms with Crippen LogP contribution in [0, 0.1) is 11.6 Å². The van der Waals surface area contributed by atoms with Crippen molar-refractivity contribution in [1.29, 1.82) is 0 Å². The van der Waals surface area contributed by atoms with Crippen molar-refractivity contribution in [3.8, 4) is 0 Å². The summed E-state index contributed by atoms with van der Waals surface area (Å²) in [5.41, 5.74) is 0.730. The predicted octanol–water partition coefficient (Wildman–Crippen LogP) is 3.82. The smallest absolute Gasteiger partial charge is 0.256 e. The van der Waals surface area contributed by atoms with Crippen LogP contribution in [0.4, 0.5) is 8.78 Å². The molecule has 32 heavy (non-hydrogen) atoms.